The van der Waals surface area contributed by atoms with Gasteiger partial charge in [-0.1, -0.05) is 23.4 Å². The summed E-state index contributed by atoms with van der Waals surface area (Å²) in [4.78, 5) is 4.62. The summed E-state index contributed by atoms with van der Waals surface area (Å²) in [5, 5.41) is 20.7. The lowest BCUT2D eigenvalue weighted by molar-refractivity contribution is 0.209. The van der Waals surface area contributed by atoms with Crippen LogP contribution in [0.5, 0.6) is 5.75 Å². The highest BCUT2D eigenvalue weighted by Crippen LogP contribution is 2.33. The number of rotatable bonds is 9. The summed E-state index contributed by atoms with van der Waals surface area (Å²) in [5.74, 6) is 0.731. The van der Waals surface area contributed by atoms with Crippen LogP contribution in [0.25, 0.3) is 5.57 Å². The Bertz CT molecular complexity index is 1220. The van der Waals surface area contributed by atoms with E-state index in [1.54, 1.807) is 19.1 Å². The van der Waals surface area contributed by atoms with Crippen molar-refractivity contribution in [1.29, 1.82) is 5.26 Å². The molecule has 0 saturated carbocycles. The van der Waals surface area contributed by atoms with Crippen LogP contribution >= 0.6 is 0 Å². The molecule has 0 unspecified atom stereocenters. The van der Waals surface area contributed by atoms with E-state index in [0.29, 0.717) is 35.9 Å². The number of benzene rings is 2. The minimum absolute atomic E-state index is 0.193. The average molecular weight is 448 g/mol. The summed E-state index contributed by atoms with van der Waals surface area (Å²) < 4.78 is 25.5. The van der Waals surface area contributed by atoms with Crippen LogP contribution in [0.1, 0.15) is 52.4 Å². The van der Waals surface area contributed by atoms with E-state index in [9.17, 15) is 9.65 Å². The number of nitrogens with zero attached hydrogens (tertiary/aromatic N) is 4. The summed E-state index contributed by atoms with van der Waals surface area (Å²) in [6.45, 7) is 3.60. The van der Waals surface area contributed by atoms with Crippen LogP contribution in [0.2, 0.25) is 0 Å². The summed E-state index contributed by atoms with van der Waals surface area (Å²) in [5.41, 5.74) is 3.97. The highest BCUT2D eigenvalue weighted by molar-refractivity contribution is 5.98. The molecule has 3 aromatic rings. The largest absolute Gasteiger partial charge is 0.496 e. The number of halogens is 1. The molecule has 33 heavy (non-hydrogen) atoms. The molecule has 0 radical (unpaired) electrons. The fraction of sp³-hybridized carbons (Fsp3) is 0.280. The van der Waals surface area contributed by atoms with Gasteiger partial charge in [0, 0.05) is 13.3 Å². The van der Waals surface area contributed by atoms with Crippen molar-refractivity contribution in [2.24, 2.45) is 5.16 Å². The minimum atomic E-state index is -0.781. The topological polar surface area (TPSA) is 93.5 Å². The number of aryl methyl sites for hydroxylation is 3. The molecule has 0 saturated heterocycles. The smallest absolute Gasteiger partial charge is 0.260 e. The van der Waals surface area contributed by atoms with Gasteiger partial charge in [-0.05, 0) is 66.3 Å². The van der Waals surface area contributed by atoms with E-state index in [1.807, 2.05) is 31.2 Å². The first-order valence-corrected chi connectivity index (χ1v) is 10.4. The van der Waals surface area contributed by atoms with Crippen molar-refractivity contribution in [3.05, 3.63) is 82.1 Å². The maximum Gasteiger partial charge on any atom is 0.260 e. The first kappa shape index (κ1) is 23.7. The average Bonchev–Trinajstić information content (AvgIpc) is 3.23. The number of unbranched alkanes of at least 4 members (excludes halogenated alkanes) is 1. The van der Waals surface area contributed by atoms with E-state index in [0.717, 1.165) is 28.7 Å². The molecule has 3 rings (SSSR count). The van der Waals surface area contributed by atoms with Crippen molar-refractivity contribution in [2.45, 2.75) is 33.1 Å². The van der Waals surface area contributed by atoms with Crippen molar-refractivity contribution in [2.75, 3.05) is 14.2 Å². The van der Waals surface area contributed by atoms with Gasteiger partial charge >= 0.3 is 0 Å². The molecule has 0 N–H and O–H groups in total. The molecule has 1 aromatic heterocycles. The molecule has 0 aliphatic carbocycles. The normalized spacial score (nSPS) is 11.9. The number of allylic oxidation sites excluding steroid dienone is 1. The molecule has 0 aliphatic rings. The zero-order valence-electron chi connectivity index (χ0n) is 19.1. The molecule has 2 aromatic carbocycles. The van der Waals surface area contributed by atoms with Crippen LogP contribution in [0.4, 0.5) is 4.39 Å². The highest BCUT2D eigenvalue weighted by atomic mass is 19.1. The lowest BCUT2D eigenvalue weighted by atomic mass is 9.92. The molecular weight excluding hydrogens is 423 g/mol. The van der Waals surface area contributed by atoms with E-state index >= 15 is 0 Å². The Morgan fingerprint density at radius 2 is 2.00 bits per heavy atom. The van der Waals surface area contributed by atoms with Gasteiger partial charge < -0.3 is 14.0 Å². The maximum absolute atomic E-state index is 14.7. The van der Waals surface area contributed by atoms with Gasteiger partial charge in [-0.3, -0.25) is 0 Å². The Morgan fingerprint density at radius 3 is 2.67 bits per heavy atom. The number of ether oxygens (including phenoxy) is 1. The molecule has 7 nitrogen and oxygen atoms in total. The predicted molar refractivity (Wildman–Crippen MR) is 123 cm³/mol. The second kappa shape index (κ2) is 11.0. The number of hydrogen-bond acceptors (Lipinski definition) is 7. The second-order valence-electron chi connectivity index (χ2n) is 7.36. The standard InChI is InChI=1S/C25H25FN4O3/c1-16-12-20(14-22(24(16)31-3)25(26)30-32-4)21(19-9-7-8-18(13-19)15-27)10-5-6-11-23-29-28-17(2)33-23/h7-10,12-14H,5-6,11H2,1-4H3/b21-10-,30-25-. The third-order valence-corrected chi connectivity index (χ3v) is 5.00. The molecule has 170 valence electrons. The third-order valence-electron chi connectivity index (χ3n) is 5.00. The number of hydrogen-bond donors (Lipinski definition) is 0. The molecule has 0 bridgehead atoms. The lowest BCUT2D eigenvalue weighted by Gasteiger charge is -2.15. The summed E-state index contributed by atoms with van der Waals surface area (Å²) in [6.07, 6.45) is 4.20. The Balaban J connectivity index is 2.03. The number of oxime groups is 1. The van der Waals surface area contributed by atoms with Crippen LogP contribution in [0.15, 0.2) is 52.0 Å². The van der Waals surface area contributed by atoms with E-state index in [4.69, 9.17) is 9.15 Å². The summed E-state index contributed by atoms with van der Waals surface area (Å²) in [6, 6.07) is 13.1. The van der Waals surface area contributed by atoms with Crippen LogP contribution in [-0.2, 0) is 11.3 Å². The molecule has 0 spiro atoms. The van der Waals surface area contributed by atoms with Gasteiger partial charge in [-0.15, -0.1) is 10.2 Å². The molecular formula is C25H25FN4O3. The monoisotopic (exact) mass is 448 g/mol. The van der Waals surface area contributed by atoms with Gasteiger partial charge in [0.1, 0.15) is 12.9 Å². The van der Waals surface area contributed by atoms with Gasteiger partial charge in [-0.2, -0.15) is 9.65 Å². The van der Waals surface area contributed by atoms with Gasteiger partial charge in [0.2, 0.25) is 11.8 Å². The van der Waals surface area contributed by atoms with Gasteiger partial charge in [0.25, 0.3) is 5.97 Å². The second-order valence-corrected chi connectivity index (χ2v) is 7.36. The Kier molecular flexibility index (Phi) is 7.92. The van der Waals surface area contributed by atoms with Crippen LogP contribution < -0.4 is 4.74 Å². The molecule has 0 atom stereocenters. The lowest BCUT2D eigenvalue weighted by Crippen LogP contribution is -2.03. The number of aromatic nitrogens is 2. The highest BCUT2D eigenvalue weighted by Gasteiger charge is 2.17. The fourth-order valence-corrected chi connectivity index (χ4v) is 3.58. The molecule has 0 amide bonds. The Morgan fingerprint density at radius 1 is 1.18 bits per heavy atom. The predicted octanol–water partition coefficient (Wildman–Crippen LogP) is 5.30. The quantitative estimate of drug-likeness (QED) is 0.251. The van der Waals surface area contributed by atoms with Crippen LogP contribution in [0, 0.1) is 25.2 Å². The molecule has 8 heteroatoms. The molecule has 0 aliphatic heterocycles. The summed E-state index contributed by atoms with van der Waals surface area (Å²) in [7, 11) is 2.77. The van der Waals surface area contributed by atoms with Crippen LogP contribution in [0.3, 0.4) is 0 Å². The number of nitriles is 1. The third kappa shape index (κ3) is 5.83. The van der Waals surface area contributed by atoms with Gasteiger partial charge in [0.05, 0.1) is 24.3 Å². The van der Waals surface area contributed by atoms with Crippen molar-refractivity contribution in [3.63, 3.8) is 0 Å². The zero-order valence-corrected chi connectivity index (χ0v) is 19.1. The van der Waals surface area contributed by atoms with E-state index in [2.05, 4.69) is 32.3 Å². The zero-order chi connectivity index (χ0) is 23.8. The molecule has 1 heterocycles. The van der Waals surface area contributed by atoms with Gasteiger partial charge in [0.15, 0.2) is 0 Å². The van der Waals surface area contributed by atoms with Crippen molar-refractivity contribution >= 4 is 11.5 Å². The van der Waals surface area contributed by atoms with Crippen molar-refractivity contribution in [1.82, 2.24) is 10.2 Å². The van der Waals surface area contributed by atoms with Gasteiger partial charge in [-0.25, -0.2) is 0 Å². The fourth-order valence-electron chi connectivity index (χ4n) is 3.58. The van der Waals surface area contributed by atoms with Crippen LogP contribution in [-0.4, -0.2) is 30.4 Å². The van der Waals surface area contributed by atoms with E-state index in [-0.39, 0.29) is 5.56 Å². The van der Waals surface area contributed by atoms with E-state index < -0.39 is 5.97 Å². The van der Waals surface area contributed by atoms with E-state index in [1.165, 1.54) is 14.2 Å². The molecule has 0 fully saturated rings. The first-order valence-electron chi connectivity index (χ1n) is 10.4. The Hall–Kier alpha value is -3.99. The van der Waals surface area contributed by atoms with Crippen molar-refractivity contribution < 1.29 is 18.4 Å². The maximum atomic E-state index is 14.7. The SMILES string of the molecule is CO/N=C(\F)c1cc(/C(=C\CCCc2nnc(C)o2)c2cccc(C#N)c2)cc(C)c1OC. The first-order chi connectivity index (χ1) is 16.0. The van der Waals surface area contributed by atoms with Crippen molar-refractivity contribution in [3.8, 4) is 11.8 Å². The minimum Gasteiger partial charge on any atom is -0.496 e. The Labute approximate surface area is 192 Å². The summed E-state index contributed by atoms with van der Waals surface area (Å²) >= 11 is 0. The number of methoxy groups -OCH3 is 1.